The second-order valence-corrected chi connectivity index (χ2v) is 5.49. The van der Waals surface area contributed by atoms with Crippen molar-refractivity contribution in [2.24, 2.45) is 5.92 Å². The summed E-state index contributed by atoms with van der Waals surface area (Å²) in [4.78, 5) is 11.1. The predicted octanol–water partition coefficient (Wildman–Crippen LogP) is 3.76. The fourth-order valence-electron chi connectivity index (χ4n) is 1.95. The Bertz CT molecular complexity index is 457. The van der Waals surface area contributed by atoms with E-state index in [1.807, 2.05) is 30.4 Å². The highest BCUT2D eigenvalue weighted by Crippen LogP contribution is 2.21. The Morgan fingerprint density at radius 3 is 2.65 bits per heavy atom. The molecule has 0 saturated carbocycles. The fraction of sp³-hybridized carbons (Fsp3) is 0.438. The van der Waals surface area contributed by atoms with Gasteiger partial charge in [-0.3, -0.25) is 4.79 Å². The summed E-state index contributed by atoms with van der Waals surface area (Å²) in [6, 6.07) is 8.13. The van der Waals surface area contributed by atoms with Crippen molar-refractivity contribution in [3.63, 3.8) is 0 Å². The summed E-state index contributed by atoms with van der Waals surface area (Å²) >= 11 is 3.55. The van der Waals surface area contributed by atoms with Gasteiger partial charge in [0.2, 0.25) is 0 Å². The number of rotatable bonds is 7. The molecule has 110 valence electrons. The molecule has 0 fully saturated rings. The maximum absolute atomic E-state index is 11.1. The summed E-state index contributed by atoms with van der Waals surface area (Å²) in [6.45, 7) is 2.08. The molecule has 0 aliphatic rings. The van der Waals surface area contributed by atoms with Crippen LogP contribution in [0.4, 0.5) is 0 Å². The Hall–Kier alpha value is -1.13. The first kappa shape index (κ1) is 16.9. The van der Waals surface area contributed by atoms with Gasteiger partial charge in [0, 0.05) is 23.9 Å². The van der Waals surface area contributed by atoms with Crippen molar-refractivity contribution in [1.82, 2.24) is 0 Å². The van der Waals surface area contributed by atoms with Gasteiger partial charge in [-0.25, -0.2) is 0 Å². The Morgan fingerprint density at radius 2 is 2.05 bits per heavy atom. The lowest BCUT2D eigenvalue weighted by molar-refractivity contribution is -0.139. The number of carbonyl (C=O) groups excluding carboxylic acids is 1. The normalized spacial score (nSPS) is 14.2. The Labute approximate surface area is 129 Å². The van der Waals surface area contributed by atoms with Crippen LogP contribution in [0.2, 0.25) is 0 Å². The van der Waals surface area contributed by atoms with Crippen LogP contribution in [0, 0.1) is 5.92 Å². The molecule has 0 radical (unpaired) electrons. The van der Waals surface area contributed by atoms with E-state index < -0.39 is 0 Å². The first-order valence-electron chi connectivity index (χ1n) is 6.58. The zero-order valence-electron chi connectivity index (χ0n) is 12.1. The lowest BCUT2D eigenvalue weighted by Gasteiger charge is -2.20. The molecule has 0 amide bonds. The first-order valence-corrected chi connectivity index (χ1v) is 7.37. The van der Waals surface area contributed by atoms with Crippen LogP contribution in [0.15, 0.2) is 40.9 Å². The fourth-order valence-corrected chi connectivity index (χ4v) is 2.40. The molecule has 0 unspecified atom stereocenters. The average molecular weight is 341 g/mol. The molecule has 0 saturated heterocycles. The lowest BCUT2D eigenvalue weighted by Crippen LogP contribution is -2.22. The van der Waals surface area contributed by atoms with Crippen molar-refractivity contribution in [3.05, 3.63) is 46.5 Å². The van der Waals surface area contributed by atoms with Gasteiger partial charge in [0.05, 0.1) is 19.6 Å². The quantitative estimate of drug-likeness (QED) is 0.560. The zero-order chi connectivity index (χ0) is 15.0. The standard InChI is InChI=1S/C16H21BrO3/c1-12(7-6-10-16(18)20-3)15(19-2)11-13-8-4-5-9-14(13)17/h4-9,12,15H,10-11H2,1-3H3/b7-6+/t12-,15-/m1/s1. The molecule has 0 aliphatic heterocycles. The number of hydrogen-bond donors (Lipinski definition) is 0. The summed E-state index contributed by atoms with van der Waals surface area (Å²) in [5, 5.41) is 0. The van der Waals surface area contributed by atoms with Crippen molar-refractivity contribution in [3.8, 4) is 0 Å². The van der Waals surface area contributed by atoms with Crippen LogP contribution in [-0.4, -0.2) is 26.3 Å². The highest BCUT2D eigenvalue weighted by Gasteiger charge is 2.16. The summed E-state index contributed by atoms with van der Waals surface area (Å²) < 4.78 is 11.3. The second-order valence-electron chi connectivity index (χ2n) is 4.64. The van der Waals surface area contributed by atoms with Crippen LogP contribution < -0.4 is 0 Å². The molecule has 0 aromatic heterocycles. The number of hydrogen-bond acceptors (Lipinski definition) is 3. The van der Waals surface area contributed by atoms with Gasteiger partial charge in [-0.15, -0.1) is 0 Å². The molecule has 20 heavy (non-hydrogen) atoms. The molecule has 1 aromatic carbocycles. The third kappa shape index (κ3) is 5.47. The van der Waals surface area contributed by atoms with E-state index in [0.29, 0.717) is 6.42 Å². The maximum atomic E-state index is 11.1. The summed E-state index contributed by atoms with van der Waals surface area (Å²) in [5.74, 6) is -0.00928. The predicted molar refractivity (Wildman–Crippen MR) is 83.6 cm³/mol. The molecule has 0 bridgehead atoms. The van der Waals surface area contributed by atoms with Crippen molar-refractivity contribution in [2.75, 3.05) is 14.2 Å². The molecule has 2 atom stereocenters. The van der Waals surface area contributed by atoms with Gasteiger partial charge in [0.1, 0.15) is 0 Å². The van der Waals surface area contributed by atoms with E-state index >= 15 is 0 Å². The first-order chi connectivity index (χ1) is 9.58. The number of benzene rings is 1. The number of methoxy groups -OCH3 is 2. The molecule has 0 aliphatic carbocycles. The molecular weight excluding hydrogens is 320 g/mol. The second kappa shape index (κ2) is 8.93. The van der Waals surface area contributed by atoms with E-state index in [9.17, 15) is 4.79 Å². The van der Waals surface area contributed by atoms with Crippen molar-refractivity contribution in [1.29, 1.82) is 0 Å². The lowest BCUT2D eigenvalue weighted by atomic mass is 9.97. The van der Waals surface area contributed by atoms with E-state index in [2.05, 4.69) is 33.7 Å². The van der Waals surface area contributed by atoms with E-state index in [1.165, 1.54) is 12.7 Å². The topological polar surface area (TPSA) is 35.5 Å². The highest BCUT2D eigenvalue weighted by molar-refractivity contribution is 9.10. The minimum absolute atomic E-state index is 0.0718. The van der Waals surface area contributed by atoms with Crippen LogP contribution in [0.1, 0.15) is 18.9 Å². The molecule has 0 heterocycles. The van der Waals surface area contributed by atoms with Crippen molar-refractivity contribution >= 4 is 21.9 Å². The van der Waals surface area contributed by atoms with Crippen molar-refractivity contribution < 1.29 is 14.3 Å². The van der Waals surface area contributed by atoms with E-state index in [0.717, 1.165) is 10.9 Å². The largest absolute Gasteiger partial charge is 0.469 e. The minimum Gasteiger partial charge on any atom is -0.469 e. The molecule has 0 spiro atoms. The Balaban J connectivity index is 2.61. The van der Waals surface area contributed by atoms with Gasteiger partial charge >= 0.3 is 5.97 Å². The van der Waals surface area contributed by atoms with Crippen LogP contribution >= 0.6 is 15.9 Å². The van der Waals surface area contributed by atoms with Gasteiger partial charge in [0.15, 0.2) is 0 Å². The number of ether oxygens (including phenoxy) is 2. The third-order valence-electron chi connectivity index (χ3n) is 3.22. The molecule has 0 N–H and O–H groups in total. The number of halogens is 1. The molecule has 1 aromatic rings. The van der Waals surface area contributed by atoms with E-state index in [4.69, 9.17) is 4.74 Å². The summed E-state index contributed by atoms with van der Waals surface area (Å²) in [6.07, 6.45) is 5.03. The van der Waals surface area contributed by atoms with Crippen LogP contribution in [-0.2, 0) is 20.7 Å². The average Bonchev–Trinajstić information content (AvgIpc) is 2.46. The minimum atomic E-state index is -0.228. The summed E-state index contributed by atoms with van der Waals surface area (Å²) in [5.41, 5.74) is 1.22. The van der Waals surface area contributed by atoms with Crippen molar-refractivity contribution in [2.45, 2.75) is 25.9 Å². The van der Waals surface area contributed by atoms with Crippen LogP contribution in [0.3, 0.4) is 0 Å². The SMILES string of the molecule is COC(=O)C/C=C/[C@@H](C)[C@@H](Cc1ccccc1Br)OC. The molecular formula is C16H21BrO3. The van der Waals surface area contributed by atoms with Crippen LogP contribution in [0.25, 0.3) is 0 Å². The van der Waals surface area contributed by atoms with Crippen LogP contribution in [0.5, 0.6) is 0 Å². The van der Waals surface area contributed by atoms with Gasteiger partial charge in [-0.1, -0.05) is 53.2 Å². The highest BCUT2D eigenvalue weighted by atomic mass is 79.9. The third-order valence-corrected chi connectivity index (χ3v) is 3.99. The number of carbonyl (C=O) groups is 1. The Kier molecular flexibility index (Phi) is 7.55. The van der Waals surface area contributed by atoms with Gasteiger partial charge in [-0.05, 0) is 11.6 Å². The molecule has 4 heteroatoms. The molecule has 1 rings (SSSR count). The summed E-state index contributed by atoms with van der Waals surface area (Å²) in [7, 11) is 3.11. The smallest absolute Gasteiger partial charge is 0.309 e. The van der Waals surface area contributed by atoms with Gasteiger partial charge < -0.3 is 9.47 Å². The van der Waals surface area contributed by atoms with E-state index in [-0.39, 0.29) is 18.0 Å². The molecule has 3 nitrogen and oxygen atoms in total. The van der Waals surface area contributed by atoms with Gasteiger partial charge in [0.25, 0.3) is 0 Å². The van der Waals surface area contributed by atoms with Gasteiger partial charge in [-0.2, -0.15) is 0 Å². The zero-order valence-corrected chi connectivity index (χ0v) is 13.7. The number of esters is 1. The van der Waals surface area contributed by atoms with E-state index in [1.54, 1.807) is 7.11 Å². The maximum Gasteiger partial charge on any atom is 0.309 e. The Morgan fingerprint density at radius 1 is 1.35 bits per heavy atom. The monoisotopic (exact) mass is 340 g/mol.